The third-order valence-corrected chi connectivity index (χ3v) is 2.30. The van der Waals surface area contributed by atoms with Crippen LogP contribution in [-0.4, -0.2) is 36.9 Å². The molecule has 2 rings (SSSR count). The van der Waals surface area contributed by atoms with E-state index in [0.717, 1.165) is 0 Å². The van der Waals surface area contributed by atoms with Crippen LogP contribution in [0.3, 0.4) is 0 Å². The number of hydrogen-bond acceptors (Lipinski definition) is 5. The Kier molecular flexibility index (Phi) is 3.05. The molecule has 0 N–H and O–H groups in total. The number of fused-ring (bicyclic) bond motifs is 1. The molecule has 0 radical (unpaired) electrons. The van der Waals surface area contributed by atoms with Gasteiger partial charge in [-0.2, -0.15) is 0 Å². The Morgan fingerprint density at radius 3 is 2.94 bits per heavy atom. The van der Waals surface area contributed by atoms with Gasteiger partial charge < -0.3 is 14.2 Å². The second kappa shape index (κ2) is 4.49. The van der Waals surface area contributed by atoms with E-state index in [9.17, 15) is 9.59 Å². The third kappa shape index (κ3) is 2.49. The zero-order chi connectivity index (χ0) is 11.5. The van der Waals surface area contributed by atoms with Gasteiger partial charge >= 0.3 is 11.9 Å². The van der Waals surface area contributed by atoms with Crippen molar-refractivity contribution in [3.63, 3.8) is 0 Å². The summed E-state index contributed by atoms with van der Waals surface area (Å²) < 4.78 is 15.4. The summed E-state index contributed by atoms with van der Waals surface area (Å²) in [6, 6.07) is 0. The lowest BCUT2D eigenvalue weighted by molar-refractivity contribution is -0.155. The van der Waals surface area contributed by atoms with Crippen LogP contribution in [0.1, 0.15) is 6.92 Å². The molecule has 0 unspecified atom stereocenters. The van der Waals surface area contributed by atoms with Gasteiger partial charge in [0.2, 0.25) is 0 Å². The molecule has 0 aromatic rings. The van der Waals surface area contributed by atoms with Crippen LogP contribution in [0.5, 0.6) is 0 Å². The van der Waals surface area contributed by atoms with E-state index in [1.54, 1.807) is 18.2 Å². The zero-order valence-electron chi connectivity index (χ0n) is 8.79. The molecule has 0 fully saturated rings. The van der Waals surface area contributed by atoms with Crippen LogP contribution in [-0.2, 0) is 23.8 Å². The highest BCUT2D eigenvalue weighted by Gasteiger charge is 2.30. The highest BCUT2D eigenvalue weighted by molar-refractivity contribution is 5.83. The van der Waals surface area contributed by atoms with Crippen molar-refractivity contribution in [3.05, 3.63) is 24.3 Å². The molecule has 0 aromatic heterocycles. The smallest absolute Gasteiger partial charge is 0.331 e. The molecule has 0 aromatic carbocycles. The molecule has 5 heteroatoms. The first-order valence-electron chi connectivity index (χ1n) is 5.01. The summed E-state index contributed by atoms with van der Waals surface area (Å²) in [7, 11) is 0. The minimum Gasteiger partial charge on any atom is -0.463 e. The average Bonchev–Trinajstić information content (AvgIpc) is 2.26. The van der Waals surface area contributed by atoms with E-state index in [-0.39, 0.29) is 36.9 Å². The molecule has 2 aliphatic rings. The van der Waals surface area contributed by atoms with Crippen molar-refractivity contribution >= 4 is 11.9 Å². The van der Waals surface area contributed by atoms with E-state index in [4.69, 9.17) is 14.2 Å². The minimum absolute atomic E-state index is 0.177. The van der Waals surface area contributed by atoms with Gasteiger partial charge in [-0.25, -0.2) is 4.79 Å². The maximum Gasteiger partial charge on any atom is 0.331 e. The van der Waals surface area contributed by atoms with Crippen molar-refractivity contribution in [2.45, 2.75) is 25.2 Å². The maximum atomic E-state index is 10.9. The van der Waals surface area contributed by atoms with Crippen LogP contribution in [0, 0.1) is 0 Å². The quantitative estimate of drug-likeness (QED) is 0.500. The molecule has 86 valence electrons. The van der Waals surface area contributed by atoms with Crippen molar-refractivity contribution in [2.24, 2.45) is 0 Å². The minimum atomic E-state index is -0.369. The van der Waals surface area contributed by atoms with E-state index in [1.807, 2.05) is 0 Å². The standard InChI is InChI=1S/C11H12O5/c1-7(12)14-6-8-2-3-10-9(15-8)4-5-11(13)16-10/h2-5,8-10H,6H2,1H3/t8-,9+,10+/m0/s1. The summed E-state index contributed by atoms with van der Waals surface area (Å²) in [6.07, 6.45) is 5.53. The van der Waals surface area contributed by atoms with Gasteiger partial charge in [-0.05, 0) is 12.2 Å². The summed E-state index contributed by atoms with van der Waals surface area (Å²) in [5.74, 6) is -0.710. The second-order valence-electron chi connectivity index (χ2n) is 3.59. The van der Waals surface area contributed by atoms with Crippen molar-refractivity contribution in [3.8, 4) is 0 Å². The Hall–Kier alpha value is -1.62. The van der Waals surface area contributed by atoms with Crippen molar-refractivity contribution < 1.29 is 23.8 Å². The third-order valence-electron chi connectivity index (χ3n) is 2.30. The van der Waals surface area contributed by atoms with E-state index >= 15 is 0 Å². The lowest BCUT2D eigenvalue weighted by Gasteiger charge is -2.31. The van der Waals surface area contributed by atoms with Gasteiger partial charge in [-0.15, -0.1) is 0 Å². The molecule has 0 saturated carbocycles. The van der Waals surface area contributed by atoms with E-state index in [0.29, 0.717) is 0 Å². The van der Waals surface area contributed by atoms with Crippen molar-refractivity contribution in [1.29, 1.82) is 0 Å². The van der Waals surface area contributed by atoms with Crippen LogP contribution in [0.25, 0.3) is 0 Å². The molecule has 5 nitrogen and oxygen atoms in total. The lowest BCUT2D eigenvalue weighted by Crippen LogP contribution is -2.40. The lowest BCUT2D eigenvalue weighted by atomic mass is 10.1. The van der Waals surface area contributed by atoms with Crippen LogP contribution in [0.15, 0.2) is 24.3 Å². The highest BCUT2D eigenvalue weighted by Crippen LogP contribution is 2.20. The van der Waals surface area contributed by atoms with Gasteiger partial charge in [0.15, 0.2) is 6.10 Å². The first-order valence-corrected chi connectivity index (χ1v) is 5.01. The zero-order valence-corrected chi connectivity index (χ0v) is 8.79. The largest absolute Gasteiger partial charge is 0.463 e. The fourth-order valence-electron chi connectivity index (χ4n) is 1.57. The van der Waals surface area contributed by atoms with E-state index < -0.39 is 0 Å². The SMILES string of the molecule is CC(=O)OC[C@@H]1C=C[C@H]2OC(=O)C=C[C@H]2O1. The predicted molar refractivity (Wildman–Crippen MR) is 53.5 cm³/mol. The Morgan fingerprint density at radius 1 is 1.38 bits per heavy atom. The summed E-state index contributed by atoms with van der Waals surface area (Å²) in [6.45, 7) is 1.52. The second-order valence-corrected chi connectivity index (χ2v) is 3.59. The summed E-state index contributed by atoms with van der Waals surface area (Å²) in [4.78, 5) is 21.6. The fourth-order valence-corrected chi connectivity index (χ4v) is 1.57. The molecule has 0 spiro atoms. The fraction of sp³-hybridized carbons (Fsp3) is 0.455. The average molecular weight is 224 g/mol. The van der Waals surface area contributed by atoms with Crippen LogP contribution < -0.4 is 0 Å². The van der Waals surface area contributed by atoms with Crippen molar-refractivity contribution in [1.82, 2.24) is 0 Å². The summed E-state index contributed by atoms with van der Waals surface area (Å²) >= 11 is 0. The van der Waals surface area contributed by atoms with Crippen molar-refractivity contribution in [2.75, 3.05) is 6.61 Å². The first kappa shape index (κ1) is 10.9. The summed E-state index contributed by atoms with van der Waals surface area (Å²) in [5.41, 5.74) is 0. The normalized spacial score (nSPS) is 31.8. The van der Waals surface area contributed by atoms with Gasteiger partial charge in [0.1, 0.15) is 18.8 Å². The highest BCUT2D eigenvalue weighted by atomic mass is 16.6. The van der Waals surface area contributed by atoms with Gasteiger partial charge in [0.25, 0.3) is 0 Å². The van der Waals surface area contributed by atoms with Crippen LogP contribution >= 0.6 is 0 Å². The molecular formula is C11H12O5. The Bertz CT molecular complexity index is 357. The molecule has 2 heterocycles. The van der Waals surface area contributed by atoms with Gasteiger partial charge in [-0.1, -0.05) is 6.08 Å². The molecular weight excluding hydrogens is 212 g/mol. The number of ether oxygens (including phenoxy) is 3. The number of carbonyl (C=O) groups is 2. The van der Waals surface area contributed by atoms with E-state index in [1.165, 1.54) is 13.0 Å². The number of esters is 2. The van der Waals surface area contributed by atoms with Gasteiger partial charge in [0.05, 0.1) is 0 Å². The van der Waals surface area contributed by atoms with Gasteiger partial charge in [-0.3, -0.25) is 4.79 Å². The Morgan fingerprint density at radius 2 is 2.19 bits per heavy atom. The monoisotopic (exact) mass is 224 g/mol. The van der Waals surface area contributed by atoms with Crippen LogP contribution in [0.2, 0.25) is 0 Å². The van der Waals surface area contributed by atoms with Crippen LogP contribution in [0.4, 0.5) is 0 Å². The maximum absolute atomic E-state index is 10.9. The Balaban J connectivity index is 1.94. The van der Waals surface area contributed by atoms with E-state index in [2.05, 4.69) is 0 Å². The van der Waals surface area contributed by atoms with Gasteiger partial charge in [0, 0.05) is 13.0 Å². The molecule has 3 atom stereocenters. The first-order chi connectivity index (χ1) is 7.65. The topological polar surface area (TPSA) is 61.8 Å². The predicted octanol–water partition coefficient (Wildman–Crippen LogP) is 0.355. The molecule has 0 bridgehead atoms. The molecule has 0 aliphatic carbocycles. The molecule has 0 amide bonds. The summed E-state index contributed by atoms with van der Waals surface area (Å²) in [5, 5.41) is 0. The molecule has 2 aliphatic heterocycles. The number of rotatable bonds is 2. The molecule has 16 heavy (non-hydrogen) atoms. The number of hydrogen-bond donors (Lipinski definition) is 0. The Labute approximate surface area is 92.7 Å². The molecule has 0 saturated heterocycles. The number of carbonyl (C=O) groups excluding carboxylic acids is 2.